The average Bonchev–Trinajstić information content (AvgIpc) is 2.95. The monoisotopic (exact) mass is 300 g/mol. The van der Waals surface area contributed by atoms with E-state index in [-0.39, 0.29) is 12.0 Å². The number of nitrogens with zero attached hydrogens (tertiary/aromatic N) is 2. The molecule has 0 aromatic carbocycles. The number of hydrogen-bond donors (Lipinski definition) is 0. The average molecular weight is 300 g/mol. The summed E-state index contributed by atoms with van der Waals surface area (Å²) in [5.74, 6) is 0.932. The highest BCUT2D eigenvalue weighted by atomic mass is 16.5. The van der Waals surface area contributed by atoms with E-state index in [1.54, 1.807) is 42.4 Å². The molecule has 1 fully saturated rings. The molecule has 0 bridgehead atoms. The summed E-state index contributed by atoms with van der Waals surface area (Å²) in [4.78, 5) is 29.3. The first kappa shape index (κ1) is 14.3. The fourth-order valence-corrected chi connectivity index (χ4v) is 2.52. The number of amides is 1. The number of aryl methyl sites for hydroxylation is 1. The SMILES string of the molecule is Cc1cc(OC2CCN(C(=O)c3cccnc3)C2)cc(=O)o1. The van der Waals surface area contributed by atoms with Crippen LogP contribution in [-0.2, 0) is 0 Å². The van der Waals surface area contributed by atoms with E-state index < -0.39 is 5.63 Å². The first-order chi connectivity index (χ1) is 10.6. The predicted molar refractivity (Wildman–Crippen MR) is 78.9 cm³/mol. The summed E-state index contributed by atoms with van der Waals surface area (Å²) in [6.45, 7) is 2.81. The molecule has 1 unspecified atom stereocenters. The third kappa shape index (κ3) is 3.16. The molecule has 1 aliphatic rings. The maximum absolute atomic E-state index is 12.3. The van der Waals surface area contributed by atoms with Crippen LogP contribution in [0.2, 0.25) is 0 Å². The van der Waals surface area contributed by atoms with Gasteiger partial charge in [-0.3, -0.25) is 9.78 Å². The van der Waals surface area contributed by atoms with Gasteiger partial charge in [0.05, 0.1) is 18.2 Å². The molecule has 3 heterocycles. The number of carbonyl (C=O) groups excluding carboxylic acids is 1. The van der Waals surface area contributed by atoms with Crippen molar-refractivity contribution in [2.75, 3.05) is 13.1 Å². The highest BCUT2D eigenvalue weighted by Gasteiger charge is 2.28. The van der Waals surface area contributed by atoms with E-state index in [1.165, 1.54) is 6.07 Å². The first-order valence-electron chi connectivity index (χ1n) is 7.09. The summed E-state index contributed by atoms with van der Waals surface area (Å²) in [6, 6.07) is 6.48. The Kier molecular flexibility index (Phi) is 3.91. The Bertz CT molecular complexity index is 726. The molecule has 2 aromatic rings. The van der Waals surface area contributed by atoms with Crippen LogP contribution in [0.15, 0.2) is 45.9 Å². The fourth-order valence-electron chi connectivity index (χ4n) is 2.52. The molecule has 0 spiro atoms. The summed E-state index contributed by atoms with van der Waals surface area (Å²) < 4.78 is 10.7. The molecule has 3 rings (SSSR count). The minimum Gasteiger partial charge on any atom is -0.488 e. The zero-order valence-electron chi connectivity index (χ0n) is 12.2. The second kappa shape index (κ2) is 6.01. The standard InChI is InChI=1S/C16H16N2O4/c1-11-7-14(8-15(19)21-11)22-13-4-6-18(10-13)16(20)12-3-2-5-17-9-12/h2-3,5,7-9,13H,4,6,10H2,1H3. The molecule has 1 saturated heterocycles. The molecule has 1 atom stereocenters. The molecule has 0 radical (unpaired) electrons. The van der Waals surface area contributed by atoms with Crippen LogP contribution in [0.4, 0.5) is 0 Å². The van der Waals surface area contributed by atoms with E-state index in [4.69, 9.17) is 9.15 Å². The van der Waals surface area contributed by atoms with Crippen LogP contribution in [0, 0.1) is 6.92 Å². The van der Waals surface area contributed by atoms with Gasteiger partial charge < -0.3 is 14.1 Å². The lowest BCUT2D eigenvalue weighted by Gasteiger charge is -2.17. The zero-order valence-corrected chi connectivity index (χ0v) is 12.2. The first-order valence-corrected chi connectivity index (χ1v) is 7.09. The van der Waals surface area contributed by atoms with Crippen LogP contribution in [0.5, 0.6) is 5.75 Å². The molecule has 22 heavy (non-hydrogen) atoms. The van der Waals surface area contributed by atoms with Crippen molar-refractivity contribution in [1.82, 2.24) is 9.88 Å². The van der Waals surface area contributed by atoms with E-state index in [1.807, 2.05) is 0 Å². The Morgan fingerprint density at radius 2 is 2.32 bits per heavy atom. The number of hydrogen-bond acceptors (Lipinski definition) is 5. The third-order valence-corrected chi connectivity index (χ3v) is 3.51. The molecule has 0 aliphatic carbocycles. The zero-order chi connectivity index (χ0) is 15.5. The van der Waals surface area contributed by atoms with Gasteiger partial charge in [0.2, 0.25) is 0 Å². The minimum atomic E-state index is -0.434. The molecule has 2 aromatic heterocycles. The maximum Gasteiger partial charge on any atom is 0.339 e. The van der Waals surface area contributed by atoms with Crippen molar-refractivity contribution < 1.29 is 13.9 Å². The van der Waals surface area contributed by atoms with E-state index in [2.05, 4.69) is 4.98 Å². The third-order valence-electron chi connectivity index (χ3n) is 3.51. The Morgan fingerprint density at radius 1 is 1.45 bits per heavy atom. The maximum atomic E-state index is 12.3. The number of carbonyl (C=O) groups is 1. The lowest BCUT2D eigenvalue weighted by molar-refractivity contribution is 0.0771. The van der Waals surface area contributed by atoms with E-state index in [0.717, 1.165) is 6.42 Å². The Labute approximate surface area is 127 Å². The molecule has 6 nitrogen and oxygen atoms in total. The van der Waals surface area contributed by atoms with E-state index >= 15 is 0 Å². The van der Waals surface area contributed by atoms with Crippen LogP contribution in [0.3, 0.4) is 0 Å². The summed E-state index contributed by atoms with van der Waals surface area (Å²) in [5, 5.41) is 0. The minimum absolute atomic E-state index is 0.0528. The largest absolute Gasteiger partial charge is 0.488 e. The predicted octanol–water partition coefficient (Wildman–Crippen LogP) is 1.64. The molecule has 1 aliphatic heterocycles. The van der Waals surface area contributed by atoms with Crippen molar-refractivity contribution in [3.05, 3.63) is 58.4 Å². The van der Waals surface area contributed by atoms with Gasteiger partial charge in [-0.25, -0.2) is 4.79 Å². The topological polar surface area (TPSA) is 72.6 Å². The van der Waals surface area contributed by atoms with Gasteiger partial charge in [-0.2, -0.15) is 0 Å². The summed E-state index contributed by atoms with van der Waals surface area (Å²) in [7, 11) is 0. The Morgan fingerprint density at radius 3 is 3.05 bits per heavy atom. The van der Waals surface area contributed by atoms with Crippen molar-refractivity contribution >= 4 is 5.91 Å². The number of likely N-dealkylation sites (tertiary alicyclic amines) is 1. The smallest absolute Gasteiger partial charge is 0.339 e. The normalized spacial score (nSPS) is 17.5. The van der Waals surface area contributed by atoms with Crippen molar-refractivity contribution in [1.29, 1.82) is 0 Å². The molecular formula is C16H16N2O4. The fraction of sp³-hybridized carbons (Fsp3) is 0.312. The number of ether oxygens (including phenoxy) is 1. The van der Waals surface area contributed by atoms with Gasteiger partial charge in [0.1, 0.15) is 17.6 Å². The number of pyridine rings is 1. The van der Waals surface area contributed by atoms with Gasteiger partial charge in [-0.05, 0) is 19.1 Å². The van der Waals surface area contributed by atoms with Crippen LogP contribution < -0.4 is 10.4 Å². The second-order valence-electron chi connectivity index (χ2n) is 5.24. The summed E-state index contributed by atoms with van der Waals surface area (Å²) in [5.41, 5.74) is 0.135. The summed E-state index contributed by atoms with van der Waals surface area (Å²) in [6.07, 6.45) is 3.80. The van der Waals surface area contributed by atoms with Crippen LogP contribution in [-0.4, -0.2) is 35.0 Å². The molecule has 6 heteroatoms. The van der Waals surface area contributed by atoms with Crippen LogP contribution in [0.1, 0.15) is 22.5 Å². The second-order valence-corrected chi connectivity index (χ2v) is 5.24. The van der Waals surface area contributed by atoms with Crippen molar-refractivity contribution in [2.24, 2.45) is 0 Å². The van der Waals surface area contributed by atoms with Crippen molar-refractivity contribution in [3.8, 4) is 5.75 Å². The van der Waals surface area contributed by atoms with Crippen molar-refractivity contribution in [3.63, 3.8) is 0 Å². The molecule has 1 amide bonds. The van der Waals surface area contributed by atoms with Gasteiger partial charge in [0, 0.05) is 31.4 Å². The quantitative estimate of drug-likeness (QED) is 0.861. The van der Waals surface area contributed by atoms with Crippen molar-refractivity contribution in [2.45, 2.75) is 19.4 Å². The van der Waals surface area contributed by atoms with Gasteiger partial charge in [-0.15, -0.1) is 0 Å². The molecular weight excluding hydrogens is 284 g/mol. The lowest BCUT2D eigenvalue weighted by atomic mass is 10.2. The van der Waals surface area contributed by atoms with E-state index in [0.29, 0.717) is 30.2 Å². The molecule has 0 saturated carbocycles. The number of rotatable bonds is 3. The highest BCUT2D eigenvalue weighted by Crippen LogP contribution is 2.19. The Balaban J connectivity index is 1.65. The molecule has 0 N–H and O–H groups in total. The van der Waals surface area contributed by atoms with Gasteiger partial charge in [0.25, 0.3) is 5.91 Å². The Hall–Kier alpha value is -2.63. The lowest BCUT2D eigenvalue weighted by Crippen LogP contribution is -2.31. The summed E-state index contributed by atoms with van der Waals surface area (Å²) >= 11 is 0. The van der Waals surface area contributed by atoms with Crippen LogP contribution >= 0.6 is 0 Å². The van der Waals surface area contributed by atoms with Gasteiger partial charge >= 0.3 is 5.63 Å². The highest BCUT2D eigenvalue weighted by molar-refractivity contribution is 5.94. The number of aromatic nitrogens is 1. The van der Waals surface area contributed by atoms with Gasteiger partial charge in [-0.1, -0.05) is 0 Å². The van der Waals surface area contributed by atoms with E-state index in [9.17, 15) is 9.59 Å². The molecule has 114 valence electrons. The van der Waals surface area contributed by atoms with Crippen LogP contribution in [0.25, 0.3) is 0 Å². The van der Waals surface area contributed by atoms with Gasteiger partial charge in [0.15, 0.2) is 0 Å².